The molecule has 0 amide bonds. The fourth-order valence-electron chi connectivity index (χ4n) is 2.84. The molecule has 0 aliphatic carbocycles. The third-order valence-corrected chi connectivity index (χ3v) is 4.08. The van der Waals surface area contributed by atoms with Crippen molar-refractivity contribution < 1.29 is 22.3 Å². The summed E-state index contributed by atoms with van der Waals surface area (Å²) in [5, 5.41) is 0. The molecule has 0 spiro atoms. The molecule has 25 heavy (non-hydrogen) atoms. The molecule has 0 saturated carbocycles. The highest BCUT2D eigenvalue weighted by atomic mass is 19.4. The standard InChI is InChI=1S/C16H15F4N3O2/c1-25-12-4-2-3-9(13(12)17)7-23-6-5-10-11(8-23)21-15(16(18,19)20)22-14(10)24/h2-4H,5-8H2,1H3,(H,21,22,24). The Morgan fingerprint density at radius 1 is 1.36 bits per heavy atom. The van der Waals surface area contributed by atoms with Gasteiger partial charge in [0.15, 0.2) is 11.6 Å². The molecule has 0 radical (unpaired) electrons. The van der Waals surface area contributed by atoms with Gasteiger partial charge < -0.3 is 9.72 Å². The van der Waals surface area contributed by atoms with Gasteiger partial charge in [-0.15, -0.1) is 0 Å². The molecular formula is C16H15F4N3O2. The van der Waals surface area contributed by atoms with Gasteiger partial charge in [0.2, 0.25) is 5.82 Å². The van der Waals surface area contributed by atoms with Crippen LogP contribution in [0.25, 0.3) is 0 Å². The molecule has 3 rings (SSSR count). The number of nitrogens with zero attached hydrogens (tertiary/aromatic N) is 2. The quantitative estimate of drug-likeness (QED) is 0.858. The molecule has 1 aromatic carbocycles. The number of aromatic nitrogens is 2. The van der Waals surface area contributed by atoms with Crippen molar-refractivity contribution in [2.75, 3.05) is 13.7 Å². The van der Waals surface area contributed by atoms with Crippen LogP contribution in [0.2, 0.25) is 0 Å². The molecule has 5 nitrogen and oxygen atoms in total. The Morgan fingerprint density at radius 3 is 2.80 bits per heavy atom. The van der Waals surface area contributed by atoms with Gasteiger partial charge in [0.25, 0.3) is 5.56 Å². The van der Waals surface area contributed by atoms with Crippen molar-refractivity contribution in [3.05, 3.63) is 57.0 Å². The van der Waals surface area contributed by atoms with E-state index in [9.17, 15) is 22.4 Å². The number of ether oxygens (including phenoxy) is 1. The van der Waals surface area contributed by atoms with Gasteiger partial charge in [-0.3, -0.25) is 9.69 Å². The molecule has 0 saturated heterocycles. The molecule has 0 unspecified atom stereocenters. The molecule has 0 fully saturated rings. The van der Waals surface area contributed by atoms with Crippen molar-refractivity contribution in [2.45, 2.75) is 25.7 Å². The number of nitrogens with one attached hydrogen (secondary N) is 1. The van der Waals surface area contributed by atoms with Crippen LogP contribution in [-0.2, 0) is 25.7 Å². The average Bonchev–Trinajstić information content (AvgIpc) is 2.55. The van der Waals surface area contributed by atoms with Crippen LogP contribution in [0.15, 0.2) is 23.0 Å². The van der Waals surface area contributed by atoms with Crippen molar-refractivity contribution in [3.63, 3.8) is 0 Å². The summed E-state index contributed by atoms with van der Waals surface area (Å²) < 4.78 is 57.6. The van der Waals surface area contributed by atoms with Gasteiger partial charge in [-0.2, -0.15) is 13.2 Å². The van der Waals surface area contributed by atoms with E-state index < -0.39 is 23.4 Å². The van der Waals surface area contributed by atoms with E-state index in [4.69, 9.17) is 4.74 Å². The van der Waals surface area contributed by atoms with Gasteiger partial charge in [-0.25, -0.2) is 9.37 Å². The lowest BCUT2D eigenvalue weighted by molar-refractivity contribution is -0.145. The van der Waals surface area contributed by atoms with E-state index in [1.807, 2.05) is 0 Å². The molecule has 2 heterocycles. The number of alkyl halides is 3. The summed E-state index contributed by atoms with van der Waals surface area (Å²) in [5.74, 6) is -1.72. The fourth-order valence-corrected chi connectivity index (χ4v) is 2.84. The lowest BCUT2D eigenvalue weighted by atomic mass is 10.1. The molecule has 1 aliphatic rings. The van der Waals surface area contributed by atoms with E-state index in [1.54, 1.807) is 22.0 Å². The molecule has 1 N–H and O–H groups in total. The van der Waals surface area contributed by atoms with E-state index in [1.165, 1.54) is 13.2 Å². The first-order chi connectivity index (χ1) is 11.8. The number of methoxy groups -OCH3 is 1. The van der Waals surface area contributed by atoms with Gasteiger partial charge in [0, 0.05) is 30.8 Å². The van der Waals surface area contributed by atoms with Crippen LogP contribution in [-0.4, -0.2) is 28.5 Å². The highest BCUT2D eigenvalue weighted by molar-refractivity contribution is 5.31. The lowest BCUT2D eigenvalue weighted by Gasteiger charge is -2.28. The van der Waals surface area contributed by atoms with E-state index >= 15 is 0 Å². The monoisotopic (exact) mass is 357 g/mol. The Kier molecular flexibility index (Phi) is 4.51. The third-order valence-electron chi connectivity index (χ3n) is 4.08. The first-order valence-corrected chi connectivity index (χ1v) is 7.52. The number of aromatic amines is 1. The Hall–Kier alpha value is -2.42. The minimum atomic E-state index is -4.73. The Bertz CT molecular complexity index is 848. The minimum Gasteiger partial charge on any atom is -0.494 e. The highest BCUT2D eigenvalue weighted by Gasteiger charge is 2.36. The Labute approximate surface area is 140 Å². The predicted molar refractivity (Wildman–Crippen MR) is 80.6 cm³/mol. The van der Waals surface area contributed by atoms with Crippen molar-refractivity contribution in [1.82, 2.24) is 14.9 Å². The second-order valence-corrected chi connectivity index (χ2v) is 5.73. The van der Waals surface area contributed by atoms with E-state index in [0.717, 1.165) is 0 Å². The SMILES string of the molecule is COc1cccc(CN2CCc3c(nc(C(F)(F)F)[nH]c3=O)C2)c1F. The van der Waals surface area contributed by atoms with Crippen LogP contribution in [0.1, 0.15) is 22.6 Å². The molecule has 1 aromatic heterocycles. The van der Waals surface area contributed by atoms with Gasteiger partial charge in [0.05, 0.1) is 12.8 Å². The summed E-state index contributed by atoms with van der Waals surface area (Å²) >= 11 is 0. The maximum Gasteiger partial charge on any atom is 0.449 e. The van der Waals surface area contributed by atoms with Gasteiger partial charge in [0.1, 0.15) is 0 Å². The smallest absolute Gasteiger partial charge is 0.449 e. The van der Waals surface area contributed by atoms with Crippen molar-refractivity contribution in [1.29, 1.82) is 0 Å². The average molecular weight is 357 g/mol. The third kappa shape index (κ3) is 3.51. The second-order valence-electron chi connectivity index (χ2n) is 5.73. The summed E-state index contributed by atoms with van der Waals surface area (Å²) in [7, 11) is 1.36. The number of H-pyrrole nitrogens is 1. The summed E-state index contributed by atoms with van der Waals surface area (Å²) in [6.45, 7) is 0.636. The molecule has 134 valence electrons. The largest absolute Gasteiger partial charge is 0.494 e. The summed E-state index contributed by atoms with van der Waals surface area (Å²) in [6, 6.07) is 4.71. The van der Waals surface area contributed by atoms with Crippen LogP contribution < -0.4 is 10.3 Å². The topological polar surface area (TPSA) is 58.2 Å². The van der Waals surface area contributed by atoms with Crippen LogP contribution in [0, 0.1) is 5.82 Å². The first kappa shape index (κ1) is 17.4. The number of rotatable bonds is 3. The number of benzene rings is 1. The lowest BCUT2D eigenvalue weighted by Crippen LogP contribution is -2.36. The predicted octanol–water partition coefficient (Wildman–Crippen LogP) is 2.49. The normalized spacial score (nSPS) is 15.1. The summed E-state index contributed by atoms with van der Waals surface area (Å²) in [6.07, 6.45) is -4.48. The van der Waals surface area contributed by atoms with Crippen molar-refractivity contribution in [2.24, 2.45) is 0 Å². The number of hydrogen-bond acceptors (Lipinski definition) is 4. The molecule has 1 aliphatic heterocycles. The van der Waals surface area contributed by atoms with Gasteiger partial charge in [-0.1, -0.05) is 12.1 Å². The van der Waals surface area contributed by atoms with Crippen molar-refractivity contribution in [3.8, 4) is 5.75 Å². The minimum absolute atomic E-state index is 0.0407. The van der Waals surface area contributed by atoms with Crippen LogP contribution >= 0.6 is 0 Å². The summed E-state index contributed by atoms with van der Waals surface area (Å²) in [4.78, 5) is 18.9. The first-order valence-electron chi connectivity index (χ1n) is 7.52. The highest BCUT2D eigenvalue weighted by Crippen LogP contribution is 2.27. The van der Waals surface area contributed by atoms with Crippen LogP contribution in [0.4, 0.5) is 17.6 Å². The maximum absolute atomic E-state index is 14.2. The van der Waals surface area contributed by atoms with Gasteiger partial charge in [-0.05, 0) is 12.5 Å². The zero-order valence-corrected chi connectivity index (χ0v) is 13.3. The number of halogens is 4. The molecule has 0 bridgehead atoms. The van der Waals surface area contributed by atoms with Crippen molar-refractivity contribution >= 4 is 0 Å². The van der Waals surface area contributed by atoms with Gasteiger partial charge >= 0.3 is 6.18 Å². The van der Waals surface area contributed by atoms with E-state index in [0.29, 0.717) is 12.1 Å². The maximum atomic E-state index is 14.2. The van der Waals surface area contributed by atoms with Crippen LogP contribution in [0.5, 0.6) is 5.75 Å². The molecule has 2 aromatic rings. The fraction of sp³-hybridized carbons (Fsp3) is 0.375. The Balaban J connectivity index is 1.86. The van der Waals surface area contributed by atoms with E-state index in [-0.39, 0.29) is 36.5 Å². The van der Waals surface area contributed by atoms with Crippen LogP contribution in [0.3, 0.4) is 0 Å². The van der Waals surface area contributed by atoms with E-state index in [2.05, 4.69) is 4.98 Å². The molecular weight excluding hydrogens is 342 g/mol. The zero-order chi connectivity index (χ0) is 18.2. The zero-order valence-electron chi connectivity index (χ0n) is 13.3. The number of fused-ring (bicyclic) bond motifs is 1. The second kappa shape index (κ2) is 6.47. The molecule has 0 atom stereocenters. The Morgan fingerprint density at radius 2 is 2.12 bits per heavy atom. The summed E-state index contributed by atoms with van der Waals surface area (Å²) in [5.41, 5.74) is -0.0887. The molecule has 9 heteroatoms. The number of hydrogen-bond donors (Lipinski definition) is 1.